The summed E-state index contributed by atoms with van der Waals surface area (Å²) >= 11 is 0. The number of ether oxygens (including phenoxy) is 1. The summed E-state index contributed by atoms with van der Waals surface area (Å²) < 4.78 is 18.0. The molecule has 0 radical (unpaired) electrons. The summed E-state index contributed by atoms with van der Waals surface area (Å²) in [7, 11) is 1.59. The molecule has 0 aromatic heterocycles. The van der Waals surface area contributed by atoms with Crippen LogP contribution in [0.3, 0.4) is 0 Å². The zero-order valence-electron chi connectivity index (χ0n) is 10.6. The van der Waals surface area contributed by atoms with Gasteiger partial charge in [0.1, 0.15) is 11.6 Å². The lowest BCUT2D eigenvalue weighted by molar-refractivity contribution is 0.191. The van der Waals surface area contributed by atoms with Crippen LogP contribution in [0, 0.1) is 5.82 Å². The Hall–Kier alpha value is -2.07. The molecule has 0 aliphatic heterocycles. The van der Waals surface area contributed by atoms with Crippen LogP contribution < -0.4 is 10.1 Å². The number of rotatable bonds is 5. The van der Waals surface area contributed by atoms with E-state index in [9.17, 15) is 9.50 Å². The van der Waals surface area contributed by atoms with Gasteiger partial charge in [-0.3, -0.25) is 0 Å². The van der Waals surface area contributed by atoms with Crippen molar-refractivity contribution in [3.8, 4) is 5.75 Å². The van der Waals surface area contributed by atoms with Gasteiger partial charge in [-0.2, -0.15) is 0 Å². The first-order chi connectivity index (χ1) is 9.20. The van der Waals surface area contributed by atoms with E-state index in [0.717, 1.165) is 5.69 Å². The van der Waals surface area contributed by atoms with Crippen LogP contribution in [0.25, 0.3) is 0 Å². The molecule has 0 aliphatic rings. The SMILES string of the molecule is COc1ccccc1NCC(O)c1ccc(F)cc1. The highest BCUT2D eigenvalue weighted by Crippen LogP contribution is 2.24. The van der Waals surface area contributed by atoms with Gasteiger partial charge in [0.05, 0.1) is 18.9 Å². The molecule has 0 bridgehead atoms. The summed E-state index contributed by atoms with van der Waals surface area (Å²) in [6.45, 7) is 0.325. The van der Waals surface area contributed by atoms with E-state index in [2.05, 4.69) is 5.32 Å². The topological polar surface area (TPSA) is 41.5 Å². The summed E-state index contributed by atoms with van der Waals surface area (Å²) in [4.78, 5) is 0. The van der Waals surface area contributed by atoms with Crippen LogP contribution in [0.2, 0.25) is 0 Å². The minimum Gasteiger partial charge on any atom is -0.495 e. The molecule has 3 nitrogen and oxygen atoms in total. The summed E-state index contributed by atoms with van der Waals surface area (Å²) in [5, 5.41) is 13.1. The van der Waals surface area contributed by atoms with E-state index in [1.807, 2.05) is 24.3 Å². The van der Waals surface area contributed by atoms with Gasteiger partial charge >= 0.3 is 0 Å². The van der Waals surface area contributed by atoms with Crippen molar-refractivity contribution in [2.45, 2.75) is 6.10 Å². The molecule has 0 spiro atoms. The van der Waals surface area contributed by atoms with Crippen molar-refractivity contribution in [1.29, 1.82) is 0 Å². The molecule has 2 aromatic rings. The van der Waals surface area contributed by atoms with Gasteiger partial charge in [-0.1, -0.05) is 24.3 Å². The van der Waals surface area contributed by atoms with Gasteiger partial charge in [-0.15, -0.1) is 0 Å². The minimum absolute atomic E-state index is 0.311. The Labute approximate surface area is 111 Å². The molecular formula is C15H16FNO2. The average Bonchev–Trinajstić information content (AvgIpc) is 2.45. The van der Waals surface area contributed by atoms with Crippen molar-refractivity contribution in [2.24, 2.45) is 0 Å². The zero-order chi connectivity index (χ0) is 13.7. The van der Waals surface area contributed by atoms with Gasteiger partial charge < -0.3 is 15.2 Å². The number of halogens is 1. The Balaban J connectivity index is 2.00. The number of anilines is 1. The van der Waals surface area contributed by atoms with Crippen molar-refractivity contribution < 1.29 is 14.2 Å². The van der Waals surface area contributed by atoms with E-state index in [1.54, 1.807) is 19.2 Å². The number of benzene rings is 2. The van der Waals surface area contributed by atoms with Crippen LogP contribution in [-0.2, 0) is 0 Å². The van der Waals surface area contributed by atoms with Crippen LogP contribution in [0.15, 0.2) is 48.5 Å². The second-order valence-corrected chi connectivity index (χ2v) is 4.15. The maximum absolute atomic E-state index is 12.8. The fourth-order valence-corrected chi connectivity index (χ4v) is 1.80. The van der Waals surface area contributed by atoms with Crippen LogP contribution >= 0.6 is 0 Å². The molecule has 4 heteroatoms. The third-order valence-corrected chi connectivity index (χ3v) is 2.85. The number of aliphatic hydroxyl groups excluding tert-OH is 1. The predicted molar refractivity (Wildman–Crippen MR) is 72.8 cm³/mol. The fraction of sp³-hybridized carbons (Fsp3) is 0.200. The largest absolute Gasteiger partial charge is 0.495 e. The third kappa shape index (κ3) is 3.45. The number of aliphatic hydroxyl groups is 1. The van der Waals surface area contributed by atoms with E-state index < -0.39 is 6.10 Å². The van der Waals surface area contributed by atoms with E-state index in [-0.39, 0.29) is 5.82 Å². The summed E-state index contributed by atoms with van der Waals surface area (Å²) in [5.41, 5.74) is 1.48. The van der Waals surface area contributed by atoms with Crippen molar-refractivity contribution in [2.75, 3.05) is 19.0 Å². The molecule has 0 fully saturated rings. The Morgan fingerprint density at radius 3 is 2.53 bits per heavy atom. The van der Waals surface area contributed by atoms with E-state index >= 15 is 0 Å². The number of para-hydroxylation sites is 2. The lowest BCUT2D eigenvalue weighted by Crippen LogP contribution is -2.12. The lowest BCUT2D eigenvalue weighted by atomic mass is 10.1. The molecule has 100 valence electrons. The maximum Gasteiger partial charge on any atom is 0.141 e. The average molecular weight is 261 g/mol. The lowest BCUT2D eigenvalue weighted by Gasteiger charge is -2.15. The Kier molecular flexibility index (Phi) is 4.36. The van der Waals surface area contributed by atoms with Gasteiger partial charge in [0, 0.05) is 6.54 Å². The summed E-state index contributed by atoms with van der Waals surface area (Å²) in [5.74, 6) is 0.405. The summed E-state index contributed by atoms with van der Waals surface area (Å²) in [6.07, 6.45) is -0.703. The second kappa shape index (κ2) is 6.20. The molecule has 0 heterocycles. The molecule has 2 aromatic carbocycles. The van der Waals surface area contributed by atoms with Crippen molar-refractivity contribution in [3.05, 3.63) is 59.9 Å². The van der Waals surface area contributed by atoms with Gasteiger partial charge in [0.15, 0.2) is 0 Å². The molecule has 19 heavy (non-hydrogen) atoms. The van der Waals surface area contributed by atoms with Crippen LogP contribution in [0.5, 0.6) is 5.75 Å². The molecule has 0 aliphatic carbocycles. The molecule has 1 unspecified atom stereocenters. The van der Waals surface area contributed by atoms with Gasteiger partial charge in [0.25, 0.3) is 0 Å². The Bertz CT molecular complexity index is 528. The molecule has 0 amide bonds. The van der Waals surface area contributed by atoms with Crippen molar-refractivity contribution >= 4 is 5.69 Å². The van der Waals surface area contributed by atoms with Crippen molar-refractivity contribution in [1.82, 2.24) is 0 Å². The molecule has 2 rings (SSSR count). The highest BCUT2D eigenvalue weighted by Gasteiger charge is 2.08. The smallest absolute Gasteiger partial charge is 0.141 e. The monoisotopic (exact) mass is 261 g/mol. The maximum atomic E-state index is 12.8. The number of methoxy groups -OCH3 is 1. The molecule has 0 saturated heterocycles. The Morgan fingerprint density at radius 1 is 1.16 bits per heavy atom. The summed E-state index contributed by atoms with van der Waals surface area (Å²) in [6, 6.07) is 13.3. The first-order valence-electron chi connectivity index (χ1n) is 6.01. The van der Waals surface area contributed by atoms with Gasteiger partial charge in [-0.05, 0) is 29.8 Å². The molecule has 0 saturated carbocycles. The second-order valence-electron chi connectivity index (χ2n) is 4.15. The minimum atomic E-state index is -0.703. The van der Waals surface area contributed by atoms with E-state index in [0.29, 0.717) is 17.9 Å². The van der Waals surface area contributed by atoms with Crippen LogP contribution in [0.4, 0.5) is 10.1 Å². The van der Waals surface area contributed by atoms with E-state index in [4.69, 9.17) is 4.74 Å². The highest BCUT2D eigenvalue weighted by atomic mass is 19.1. The first kappa shape index (κ1) is 13.4. The zero-order valence-corrected chi connectivity index (χ0v) is 10.6. The molecule has 1 atom stereocenters. The fourth-order valence-electron chi connectivity index (χ4n) is 1.80. The van der Waals surface area contributed by atoms with E-state index in [1.165, 1.54) is 12.1 Å². The molecular weight excluding hydrogens is 245 g/mol. The standard InChI is InChI=1S/C15H16FNO2/c1-19-15-5-3-2-4-13(15)17-10-14(18)11-6-8-12(16)9-7-11/h2-9,14,17-18H,10H2,1H3. The van der Waals surface area contributed by atoms with Crippen molar-refractivity contribution in [3.63, 3.8) is 0 Å². The predicted octanol–water partition coefficient (Wildman–Crippen LogP) is 2.98. The molecule has 2 N–H and O–H groups in total. The highest BCUT2D eigenvalue weighted by molar-refractivity contribution is 5.56. The van der Waals surface area contributed by atoms with Gasteiger partial charge in [-0.25, -0.2) is 4.39 Å². The van der Waals surface area contributed by atoms with Crippen LogP contribution in [-0.4, -0.2) is 18.8 Å². The number of hydrogen-bond donors (Lipinski definition) is 2. The quantitative estimate of drug-likeness (QED) is 0.869. The van der Waals surface area contributed by atoms with Gasteiger partial charge in [0.2, 0.25) is 0 Å². The number of hydrogen-bond acceptors (Lipinski definition) is 3. The third-order valence-electron chi connectivity index (χ3n) is 2.85. The first-order valence-corrected chi connectivity index (χ1v) is 6.01. The Morgan fingerprint density at radius 2 is 1.84 bits per heavy atom. The van der Waals surface area contributed by atoms with Crippen LogP contribution in [0.1, 0.15) is 11.7 Å². The number of nitrogens with one attached hydrogen (secondary N) is 1. The normalized spacial score (nSPS) is 11.9.